The number of carbonyl (C=O) groups is 1. The quantitative estimate of drug-likeness (QED) is 0.692. The molecule has 0 heterocycles. The van der Waals surface area contributed by atoms with E-state index in [1.165, 1.54) is 5.56 Å². The van der Waals surface area contributed by atoms with Gasteiger partial charge in [0, 0.05) is 5.69 Å². The summed E-state index contributed by atoms with van der Waals surface area (Å²) in [6.07, 6.45) is -4.15. The van der Waals surface area contributed by atoms with Crippen LogP contribution in [-0.2, 0) is 11.2 Å². The molecule has 1 aromatic carbocycles. The van der Waals surface area contributed by atoms with E-state index in [0.717, 1.165) is 12.1 Å². The predicted octanol–water partition coefficient (Wildman–Crippen LogP) is 1.40. The maximum atomic E-state index is 10.6. The van der Waals surface area contributed by atoms with Gasteiger partial charge in [-0.1, -0.05) is 12.1 Å². The van der Waals surface area contributed by atoms with E-state index in [1.54, 1.807) is 0 Å². The van der Waals surface area contributed by atoms with Crippen molar-refractivity contribution in [2.45, 2.75) is 12.6 Å². The van der Waals surface area contributed by atoms with Crippen molar-refractivity contribution < 1.29 is 23.1 Å². The lowest BCUT2D eigenvalue weighted by Crippen LogP contribution is -2.21. The lowest BCUT2D eigenvalue weighted by Gasteiger charge is -1.97. The average Bonchev–Trinajstić information content (AvgIpc) is 2.21. The number of anilines is 1. The highest BCUT2D eigenvalue weighted by atomic mass is 19.4. The van der Waals surface area contributed by atoms with E-state index in [9.17, 15) is 13.2 Å². The van der Waals surface area contributed by atoms with E-state index >= 15 is 0 Å². The standard InChI is InChI=1S/C8H12N2.C2HF3O2/c9-6-5-7-1-3-8(10)4-2-7;3-2(4,5)1(6)7/h1-4H,5-6,9-10H2;(H,6,7). The Morgan fingerprint density at radius 1 is 1.24 bits per heavy atom. The van der Waals surface area contributed by atoms with E-state index in [-0.39, 0.29) is 0 Å². The smallest absolute Gasteiger partial charge is 0.475 e. The second-order valence-corrected chi connectivity index (χ2v) is 3.08. The molecule has 0 amide bonds. The van der Waals surface area contributed by atoms with Gasteiger partial charge in [0.05, 0.1) is 0 Å². The van der Waals surface area contributed by atoms with Crippen molar-refractivity contribution >= 4 is 11.7 Å². The molecule has 0 saturated heterocycles. The van der Waals surface area contributed by atoms with Gasteiger partial charge in [0.15, 0.2) is 0 Å². The molecule has 17 heavy (non-hydrogen) atoms. The van der Waals surface area contributed by atoms with E-state index in [2.05, 4.69) is 0 Å². The zero-order chi connectivity index (χ0) is 13.5. The summed E-state index contributed by atoms with van der Waals surface area (Å²) in [4.78, 5) is 8.90. The van der Waals surface area contributed by atoms with Crippen molar-refractivity contribution in [3.63, 3.8) is 0 Å². The Hall–Kier alpha value is -1.76. The van der Waals surface area contributed by atoms with Crippen molar-refractivity contribution in [2.24, 2.45) is 5.73 Å². The van der Waals surface area contributed by atoms with Gasteiger partial charge in [-0.15, -0.1) is 0 Å². The first-order chi connectivity index (χ1) is 7.77. The van der Waals surface area contributed by atoms with Gasteiger partial charge >= 0.3 is 12.1 Å². The minimum Gasteiger partial charge on any atom is -0.475 e. The van der Waals surface area contributed by atoms with Gasteiger partial charge < -0.3 is 16.6 Å². The van der Waals surface area contributed by atoms with E-state index < -0.39 is 12.1 Å². The zero-order valence-corrected chi connectivity index (χ0v) is 8.87. The number of hydrogen-bond acceptors (Lipinski definition) is 3. The number of halogens is 3. The maximum absolute atomic E-state index is 10.6. The number of carboxylic acid groups (broad SMARTS) is 1. The Kier molecular flexibility index (Phi) is 6.05. The van der Waals surface area contributed by atoms with Crippen LogP contribution in [0.3, 0.4) is 0 Å². The number of aliphatic carboxylic acids is 1. The molecule has 0 aliphatic carbocycles. The molecule has 0 radical (unpaired) electrons. The summed E-state index contributed by atoms with van der Waals surface area (Å²) in [5.74, 6) is -2.76. The molecule has 1 aromatic rings. The predicted molar refractivity (Wildman–Crippen MR) is 57.3 cm³/mol. The molecule has 0 unspecified atom stereocenters. The summed E-state index contributed by atoms with van der Waals surface area (Å²) in [7, 11) is 0. The van der Waals surface area contributed by atoms with Gasteiger partial charge in [0.1, 0.15) is 0 Å². The number of nitrogens with two attached hydrogens (primary N) is 2. The van der Waals surface area contributed by atoms with E-state index in [0.29, 0.717) is 6.54 Å². The third-order valence-corrected chi connectivity index (χ3v) is 1.66. The van der Waals surface area contributed by atoms with E-state index in [4.69, 9.17) is 21.4 Å². The molecule has 0 saturated carbocycles. The fourth-order valence-electron chi connectivity index (χ4n) is 0.851. The monoisotopic (exact) mass is 250 g/mol. The molecule has 4 nitrogen and oxygen atoms in total. The summed E-state index contributed by atoms with van der Waals surface area (Å²) < 4.78 is 31.7. The SMILES string of the molecule is NCCc1ccc(N)cc1.O=C(O)C(F)(F)F. The highest BCUT2D eigenvalue weighted by molar-refractivity contribution is 5.73. The summed E-state index contributed by atoms with van der Waals surface area (Å²) in [5, 5.41) is 7.12. The minimum absolute atomic E-state index is 0.698. The molecular weight excluding hydrogens is 237 g/mol. The summed E-state index contributed by atoms with van der Waals surface area (Å²) in [5.41, 5.74) is 12.9. The minimum atomic E-state index is -5.08. The Labute approximate surface area is 96.0 Å². The van der Waals surface area contributed by atoms with Crippen LogP contribution in [0, 0.1) is 0 Å². The molecule has 96 valence electrons. The molecule has 0 spiro atoms. The van der Waals surface area contributed by atoms with Crippen LogP contribution in [0.2, 0.25) is 0 Å². The molecule has 0 bridgehead atoms. The first-order valence-electron chi connectivity index (χ1n) is 4.62. The van der Waals surface area contributed by atoms with Crippen molar-refractivity contribution in [3.05, 3.63) is 29.8 Å². The number of carboxylic acids is 1. The Morgan fingerprint density at radius 3 is 1.94 bits per heavy atom. The van der Waals surface area contributed by atoms with Crippen molar-refractivity contribution in [1.82, 2.24) is 0 Å². The van der Waals surface area contributed by atoms with Crippen LogP contribution in [0.25, 0.3) is 0 Å². The third-order valence-electron chi connectivity index (χ3n) is 1.66. The zero-order valence-electron chi connectivity index (χ0n) is 8.87. The highest BCUT2D eigenvalue weighted by Gasteiger charge is 2.38. The van der Waals surface area contributed by atoms with Crippen LogP contribution in [0.1, 0.15) is 5.56 Å². The van der Waals surface area contributed by atoms with Crippen molar-refractivity contribution in [2.75, 3.05) is 12.3 Å². The first-order valence-corrected chi connectivity index (χ1v) is 4.62. The molecule has 0 atom stereocenters. The Balaban J connectivity index is 0.000000325. The van der Waals surface area contributed by atoms with Crippen LogP contribution in [0.15, 0.2) is 24.3 Å². The lowest BCUT2D eigenvalue weighted by atomic mass is 10.1. The summed E-state index contributed by atoms with van der Waals surface area (Å²) >= 11 is 0. The van der Waals surface area contributed by atoms with Gasteiger partial charge in [-0.2, -0.15) is 13.2 Å². The van der Waals surface area contributed by atoms with Crippen LogP contribution < -0.4 is 11.5 Å². The molecule has 7 heteroatoms. The largest absolute Gasteiger partial charge is 0.490 e. The van der Waals surface area contributed by atoms with Gasteiger partial charge in [0.25, 0.3) is 0 Å². The molecule has 1 rings (SSSR count). The molecule has 0 fully saturated rings. The number of nitrogen functional groups attached to an aromatic ring is 1. The number of rotatable bonds is 2. The van der Waals surface area contributed by atoms with Crippen LogP contribution in [0.5, 0.6) is 0 Å². The fourth-order valence-corrected chi connectivity index (χ4v) is 0.851. The highest BCUT2D eigenvalue weighted by Crippen LogP contribution is 2.13. The van der Waals surface area contributed by atoms with Crippen molar-refractivity contribution in [3.8, 4) is 0 Å². The number of alkyl halides is 3. The van der Waals surface area contributed by atoms with Gasteiger partial charge in [0.2, 0.25) is 0 Å². The summed E-state index contributed by atoms with van der Waals surface area (Å²) in [6.45, 7) is 0.698. The van der Waals surface area contributed by atoms with Gasteiger partial charge in [-0.05, 0) is 30.7 Å². The van der Waals surface area contributed by atoms with Crippen LogP contribution >= 0.6 is 0 Å². The van der Waals surface area contributed by atoms with Gasteiger partial charge in [-0.25, -0.2) is 4.79 Å². The maximum Gasteiger partial charge on any atom is 0.490 e. The lowest BCUT2D eigenvalue weighted by molar-refractivity contribution is -0.192. The van der Waals surface area contributed by atoms with Gasteiger partial charge in [-0.3, -0.25) is 0 Å². The number of benzene rings is 1. The van der Waals surface area contributed by atoms with Crippen LogP contribution in [0.4, 0.5) is 18.9 Å². The normalized spacial score (nSPS) is 10.4. The average molecular weight is 250 g/mol. The molecule has 0 aromatic heterocycles. The second kappa shape index (κ2) is 6.74. The molecule has 5 N–H and O–H groups in total. The topological polar surface area (TPSA) is 89.3 Å². The third kappa shape index (κ3) is 7.18. The Morgan fingerprint density at radius 2 is 1.65 bits per heavy atom. The summed E-state index contributed by atoms with van der Waals surface area (Å²) in [6, 6.07) is 7.79. The second-order valence-electron chi connectivity index (χ2n) is 3.08. The number of hydrogen-bond donors (Lipinski definition) is 3. The Bertz CT molecular complexity index is 350. The van der Waals surface area contributed by atoms with Crippen molar-refractivity contribution in [1.29, 1.82) is 0 Å². The first kappa shape index (κ1) is 15.2. The molecular formula is C10H13F3N2O2. The fraction of sp³-hybridized carbons (Fsp3) is 0.300. The van der Waals surface area contributed by atoms with Crippen LogP contribution in [-0.4, -0.2) is 23.8 Å². The van der Waals surface area contributed by atoms with E-state index in [1.807, 2.05) is 24.3 Å². The molecule has 0 aliphatic rings. The molecule has 0 aliphatic heterocycles.